The molecule has 1 aromatic carbocycles. The van der Waals surface area contributed by atoms with E-state index in [9.17, 15) is 13.9 Å². The third-order valence-corrected chi connectivity index (χ3v) is 5.20. The van der Waals surface area contributed by atoms with Gasteiger partial charge in [-0.25, -0.2) is 8.78 Å². The van der Waals surface area contributed by atoms with E-state index in [1.807, 2.05) is 0 Å². The molecule has 2 rings (SSSR count). The molecular weight excluding hydrogens is 270 g/mol. The van der Waals surface area contributed by atoms with Crippen molar-refractivity contribution in [2.45, 2.75) is 52.9 Å². The topological polar surface area (TPSA) is 20.2 Å². The predicted octanol–water partition coefficient (Wildman–Crippen LogP) is 4.72. The normalized spacial score (nSPS) is 26.9. The Kier molecular flexibility index (Phi) is 4.72. The minimum atomic E-state index is -0.802. The van der Waals surface area contributed by atoms with Crippen molar-refractivity contribution in [2.24, 2.45) is 16.7 Å². The summed E-state index contributed by atoms with van der Waals surface area (Å²) < 4.78 is 27.2. The van der Waals surface area contributed by atoms with Gasteiger partial charge in [0.1, 0.15) is 0 Å². The first-order valence-corrected chi connectivity index (χ1v) is 7.81. The van der Waals surface area contributed by atoms with Crippen LogP contribution in [-0.4, -0.2) is 11.7 Å². The molecule has 0 amide bonds. The van der Waals surface area contributed by atoms with Gasteiger partial charge in [0, 0.05) is 6.61 Å². The van der Waals surface area contributed by atoms with Gasteiger partial charge in [0.25, 0.3) is 0 Å². The lowest BCUT2D eigenvalue weighted by Gasteiger charge is -2.43. The number of benzene rings is 1. The fraction of sp³-hybridized carbons (Fsp3) is 0.667. The van der Waals surface area contributed by atoms with Crippen LogP contribution in [-0.2, 0) is 6.42 Å². The van der Waals surface area contributed by atoms with Crippen LogP contribution in [0.4, 0.5) is 8.78 Å². The van der Waals surface area contributed by atoms with Crippen LogP contribution in [0.25, 0.3) is 0 Å². The van der Waals surface area contributed by atoms with Crippen molar-refractivity contribution in [1.29, 1.82) is 0 Å². The van der Waals surface area contributed by atoms with Gasteiger partial charge in [-0.05, 0) is 60.5 Å². The van der Waals surface area contributed by atoms with Gasteiger partial charge in [0.05, 0.1) is 0 Å². The van der Waals surface area contributed by atoms with E-state index in [0.717, 1.165) is 31.7 Å². The number of aliphatic hydroxyl groups is 1. The lowest BCUT2D eigenvalue weighted by Crippen LogP contribution is -2.36. The van der Waals surface area contributed by atoms with E-state index >= 15 is 0 Å². The van der Waals surface area contributed by atoms with Crippen LogP contribution >= 0.6 is 0 Å². The van der Waals surface area contributed by atoms with Crippen molar-refractivity contribution in [3.63, 3.8) is 0 Å². The summed E-state index contributed by atoms with van der Waals surface area (Å²) in [6, 6.07) is 4.31. The molecule has 1 aliphatic rings. The minimum Gasteiger partial charge on any atom is -0.396 e. The quantitative estimate of drug-likeness (QED) is 0.855. The van der Waals surface area contributed by atoms with Gasteiger partial charge in [-0.3, -0.25) is 0 Å². The van der Waals surface area contributed by atoms with Crippen molar-refractivity contribution < 1.29 is 13.9 Å². The zero-order valence-electron chi connectivity index (χ0n) is 13.3. The van der Waals surface area contributed by atoms with Crippen LogP contribution in [0, 0.1) is 28.4 Å². The number of aliphatic hydroxyl groups excluding tert-OH is 1. The van der Waals surface area contributed by atoms with E-state index in [1.165, 1.54) is 0 Å². The largest absolute Gasteiger partial charge is 0.396 e. The average Bonchev–Trinajstić information content (AvgIpc) is 2.43. The minimum absolute atomic E-state index is 0.0415. The monoisotopic (exact) mass is 296 g/mol. The number of hydrogen-bond acceptors (Lipinski definition) is 1. The van der Waals surface area contributed by atoms with Gasteiger partial charge >= 0.3 is 0 Å². The smallest absolute Gasteiger partial charge is 0.162 e. The van der Waals surface area contributed by atoms with Gasteiger partial charge in [0.15, 0.2) is 11.6 Å². The van der Waals surface area contributed by atoms with E-state index < -0.39 is 11.6 Å². The van der Waals surface area contributed by atoms with Crippen molar-refractivity contribution >= 4 is 0 Å². The fourth-order valence-electron chi connectivity index (χ4n) is 3.58. The Bertz CT molecular complexity index is 482. The third kappa shape index (κ3) is 3.63. The lowest BCUT2D eigenvalue weighted by molar-refractivity contribution is 0.0362. The highest BCUT2D eigenvalue weighted by Crippen LogP contribution is 2.46. The lowest BCUT2D eigenvalue weighted by atomic mass is 9.62. The van der Waals surface area contributed by atoms with E-state index in [1.54, 1.807) is 12.1 Å². The summed E-state index contributed by atoms with van der Waals surface area (Å²) in [5, 5.41) is 9.84. The first-order valence-electron chi connectivity index (χ1n) is 7.81. The summed E-state index contributed by atoms with van der Waals surface area (Å²) in [5.74, 6) is -0.929. The molecule has 0 radical (unpaired) electrons. The summed E-state index contributed by atoms with van der Waals surface area (Å²) in [7, 11) is 0. The Morgan fingerprint density at radius 1 is 1.19 bits per heavy atom. The second kappa shape index (κ2) is 6.04. The molecule has 118 valence electrons. The number of hydrogen-bond donors (Lipinski definition) is 1. The molecule has 0 spiro atoms. The molecule has 0 atom stereocenters. The Morgan fingerprint density at radius 3 is 2.33 bits per heavy atom. The van der Waals surface area contributed by atoms with Gasteiger partial charge < -0.3 is 5.11 Å². The Labute approximate surface area is 126 Å². The maximum absolute atomic E-state index is 13.9. The standard InChI is InChI=1S/C18H26F2O/c1-17(2,3)14-7-9-18(12-21,10-8-14)11-13-5-4-6-15(19)16(13)20/h4-6,14,21H,7-12H2,1-3H3. The average molecular weight is 296 g/mol. The van der Waals surface area contributed by atoms with E-state index in [2.05, 4.69) is 20.8 Å². The Balaban J connectivity index is 2.12. The van der Waals surface area contributed by atoms with Gasteiger partial charge in [-0.15, -0.1) is 0 Å². The fourth-order valence-corrected chi connectivity index (χ4v) is 3.58. The van der Waals surface area contributed by atoms with E-state index in [0.29, 0.717) is 17.9 Å². The maximum atomic E-state index is 13.9. The summed E-state index contributed by atoms with van der Waals surface area (Å²) in [6.07, 6.45) is 4.26. The highest BCUT2D eigenvalue weighted by atomic mass is 19.2. The summed E-state index contributed by atoms with van der Waals surface area (Å²) in [4.78, 5) is 0. The molecule has 1 aromatic rings. The molecule has 0 unspecified atom stereocenters. The molecule has 1 aliphatic carbocycles. The number of halogens is 2. The molecule has 21 heavy (non-hydrogen) atoms. The highest BCUT2D eigenvalue weighted by molar-refractivity contribution is 5.21. The van der Waals surface area contributed by atoms with Crippen LogP contribution in [0.3, 0.4) is 0 Å². The van der Waals surface area contributed by atoms with E-state index in [-0.39, 0.29) is 17.4 Å². The zero-order chi connectivity index (χ0) is 15.7. The highest BCUT2D eigenvalue weighted by Gasteiger charge is 2.39. The van der Waals surface area contributed by atoms with Crippen molar-refractivity contribution in [3.05, 3.63) is 35.4 Å². The van der Waals surface area contributed by atoms with Crippen LogP contribution in [0.15, 0.2) is 18.2 Å². The SMILES string of the molecule is CC(C)(C)C1CCC(CO)(Cc2cccc(F)c2F)CC1. The van der Waals surface area contributed by atoms with Crippen LogP contribution < -0.4 is 0 Å². The Morgan fingerprint density at radius 2 is 1.81 bits per heavy atom. The molecule has 0 bridgehead atoms. The summed E-state index contributed by atoms with van der Waals surface area (Å²) >= 11 is 0. The first kappa shape index (κ1) is 16.4. The molecular formula is C18H26F2O. The van der Waals surface area contributed by atoms with Gasteiger partial charge in [-0.2, -0.15) is 0 Å². The van der Waals surface area contributed by atoms with Crippen molar-refractivity contribution in [1.82, 2.24) is 0 Å². The van der Waals surface area contributed by atoms with Crippen LogP contribution in [0.2, 0.25) is 0 Å². The first-order chi connectivity index (χ1) is 9.77. The maximum Gasteiger partial charge on any atom is 0.162 e. The van der Waals surface area contributed by atoms with Gasteiger partial charge in [-0.1, -0.05) is 32.9 Å². The second-order valence-electron chi connectivity index (χ2n) is 7.69. The third-order valence-electron chi connectivity index (χ3n) is 5.20. The molecule has 1 N–H and O–H groups in total. The molecule has 0 aliphatic heterocycles. The molecule has 1 saturated carbocycles. The van der Waals surface area contributed by atoms with Crippen molar-refractivity contribution in [3.8, 4) is 0 Å². The molecule has 0 saturated heterocycles. The van der Waals surface area contributed by atoms with Crippen LogP contribution in [0.5, 0.6) is 0 Å². The van der Waals surface area contributed by atoms with Crippen molar-refractivity contribution in [2.75, 3.05) is 6.61 Å². The molecule has 0 aromatic heterocycles. The van der Waals surface area contributed by atoms with E-state index in [4.69, 9.17) is 0 Å². The molecule has 0 heterocycles. The number of rotatable bonds is 3. The summed E-state index contributed by atoms with van der Waals surface area (Å²) in [6.45, 7) is 6.78. The predicted molar refractivity (Wildman–Crippen MR) is 81.0 cm³/mol. The summed E-state index contributed by atoms with van der Waals surface area (Å²) in [5.41, 5.74) is 0.362. The zero-order valence-corrected chi connectivity index (χ0v) is 13.3. The molecule has 3 heteroatoms. The molecule has 1 fully saturated rings. The van der Waals surface area contributed by atoms with Gasteiger partial charge in [0.2, 0.25) is 0 Å². The molecule has 1 nitrogen and oxygen atoms in total. The van der Waals surface area contributed by atoms with Crippen LogP contribution in [0.1, 0.15) is 52.0 Å². The Hall–Kier alpha value is -0.960. The second-order valence-corrected chi connectivity index (χ2v) is 7.69.